The third-order valence-electron chi connectivity index (χ3n) is 2.59. The van der Waals surface area contributed by atoms with Crippen molar-refractivity contribution in [2.75, 3.05) is 12.4 Å². The normalized spacial score (nSPS) is 11.3. The van der Waals surface area contributed by atoms with Gasteiger partial charge < -0.3 is 10.1 Å². The number of methoxy groups -OCH3 is 1. The summed E-state index contributed by atoms with van der Waals surface area (Å²) in [6.45, 7) is 0. The van der Waals surface area contributed by atoms with E-state index in [0.717, 1.165) is 16.1 Å². The van der Waals surface area contributed by atoms with E-state index in [0.29, 0.717) is 5.56 Å². The first kappa shape index (κ1) is 16.1. The Bertz CT molecular complexity index is 670. The number of anilines is 1. The van der Waals surface area contributed by atoms with Gasteiger partial charge >= 0.3 is 6.18 Å². The van der Waals surface area contributed by atoms with Crippen molar-refractivity contribution in [3.8, 4) is 5.75 Å². The van der Waals surface area contributed by atoms with Crippen molar-refractivity contribution in [3.63, 3.8) is 0 Å². The van der Waals surface area contributed by atoms with Crippen LogP contribution in [0.15, 0.2) is 29.6 Å². The molecule has 0 aliphatic carbocycles. The van der Waals surface area contributed by atoms with E-state index in [9.17, 15) is 18.0 Å². The highest BCUT2D eigenvalue weighted by Gasteiger charge is 2.34. The highest BCUT2D eigenvalue weighted by molar-refractivity contribution is 14.1. The molecule has 3 nitrogen and oxygen atoms in total. The average molecular weight is 427 g/mol. The summed E-state index contributed by atoms with van der Waals surface area (Å²) in [6, 6.07) is 5.06. The van der Waals surface area contributed by atoms with Gasteiger partial charge in [-0.2, -0.15) is 13.2 Å². The maximum absolute atomic E-state index is 12.9. The van der Waals surface area contributed by atoms with Gasteiger partial charge in [-0.1, -0.05) is 0 Å². The molecule has 2 aromatic rings. The van der Waals surface area contributed by atoms with E-state index >= 15 is 0 Å². The Morgan fingerprint density at radius 2 is 2.05 bits per heavy atom. The predicted molar refractivity (Wildman–Crippen MR) is 83.0 cm³/mol. The molecular weight excluding hydrogens is 418 g/mol. The highest BCUT2D eigenvalue weighted by atomic mass is 127. The second-order valence-electron chi connectivity index (χ2n) is 4.01. The van der Waals surface area contributed by atoms with Gasteiger partial charge in [0.1, 0.15) is 5.75 Å². The number of halogens is 4. The molecular formula is C13H9F3INO2S. The first-order valence-corrected chi connectivity index (χ1v) is 7.57. The molecule has 0 aliphatic heterocycles. The molecule has 0 aliphatic rings. The molecule has 1 aromatic heterocycles. The molecule has 1 amide bonds. The molecule has 0 atom stereocenters. The number of rotatable bonds is 3. The lowest BCUT2D eigenvalue weighted by Gasteiger charge is -2.13. The second kappa shape index (κ2) is 6.22. The van der Waals surface area contributed by atoms with E-state index in [2.05, 4.69) is 32.6 Å². The van der Waals surface area contributed by atoms with E-state index in [-0.39, 0.29) is 11.4 Å². The van der Waals surface area contributed by atoms with Crippen LogP contribution in [0.4, 0.5) is 18.9 Å². The van der Waals surface area contributed by atoms with Gasteiger partial charge in [0.05, 0.1) is 21.1 Å². The zero-order valence-corrected chi connectivity index (χ0v) is 13.6. The zero-order valence-electron chi connectivity index (χ0n) is 10.6. The molecule has 21 heavy (non-hydrogen) atoms. The van der Waals surface area contributed by atoms with Crippen LogP contribution in [0.2, 0.25) is 0 Å². The van der Waals surface area contributed by atoms with Crippen molar-refractivity contribution >= 4 is 45.5 Å². The summed E-state index contributed by atoms with van der Waals surface area (Å²) in [4.78, 5) is 11.9. The van der Waals surface area contributed by atoms with Gasteiger partial charge in [-0.25, -0.2) is 0 Å². The molecule has 1 heterocycles. The summed E-state index contributed by atoms with van der Waals surface area (Å²) < 4.78 is 44.3. The number of nitrogens with one attached hydrogen (secondary N) is 1. The fourth-order valence-electron chi connectivity index (χ4n) is 1.64. The molecule has 0 saturated carbocycles. The van der Waals surface area contributed by atoms with Crippen molar-refractivity contribution in [1.29, 1.82) is 0 Å². The largest absolute Gasteiger partial charge is 0.496 e. The number of benzene rings is 1. The Labute approximate surface area is 136 Å². The van der Waals surface area contributed by atoms with Crippen LogP contribution in [0, 0.1) is 2.88 Å². The van der Waals surface area contributed by atoms with Gasteiger partial charge in [0.15, 0.2) is 0 Å². The Kier molecular flexibility index (Phi) is 4.77. The molecule has 0 bridgehead atoms. The minimum Gasteiger partial charge on any atom is -0.496 e. The molecule has 8 heteroatoms. The Morgan fingerprint density at radius 3 is 2.57 bits per heavy atom. The summed E-state index contributed by atoms with van der Waals surface area (Å²) in [7, 11) is 1.16. The van der Waals surface area contributed by atoms with Crippen molar-refractivity contribution < 1.29 is 22.7 Å². The van der Waals surface area contributed by atoms with E-state index < -0.39 is 17.6 Å². The number of carbonyl (C=O) groups excluding carboxylic acids is 1. The highest BCUT2D eigenvalue weighted by Crippen LogP contribution is 2.37. The van der Waals surface area contributed by atoms with Gasteiger partial charge in [-0.15, -0.1) is 11.3 Å². The summed E-state index contributed by atoms with van der Waals surface area (Å²) in [5, 5.41) is 4.09. The molecule has 1 N–H and O–H groups in total. The second-order valence-corrected chi connectivity index (χ2v) is 6.81. The number of ether oxygens (including phenoxy) is 1. The van der Waals surface area contributed by atoms with Crippen molar-refractivity contribution in [1.82, 2.24) is 0 Å². The molecule has 0 fully saturated rings. The Balaban J connectivity index is 2.27. The van der Waals surface area contributed by atoms with Crippen LogP contribution in [-0.2, 0) is 6.18 Å². The SMILES string of the molecule is COc1ccc(NC(=O)c2csc(I)c2)cc1C(F)(F)F. The Hall–Kier alpha value is -1.29. The first-order valence-electron chi connectivity index (χ1n) is 5.62. The summed E-state index contributed by atoms with van der Waals surface area (Å²) in [5.74, 6) is -0.738. The number of carbonyl (C=O) groups is 1. The van der Waals surface area contributed by atoms with E-state index in [4.69, 9.17) is 0 Å². The lowest BCUT2D eigenvalue weighted by atomic mass is 10.1. The maximum atomic E-state index is 12.9. The Morgan fingerprint density at radius 1 is 1.33 bits per heavy atom. The lowest BCUT2D eigenvalue weighted by molar-refractivity contribution is -0.138. The number of amides is 1. The molecule has 0 radical (unpaired) electrons. The van der Waals surface area contributed by atoms with Crippen molar-refractivity contribution in [2.24, 2.45) is 0 Å². The monoisotopic (exact) mass is 427 g/mol. The van der Waals surface area contributed by atoms with Crippen LogP contribution in [0.25, 0.3) is 0 Å². The number of hydrogen-bond donors (Lipinski definition) is 1. The molecule has 2 rings (SSSR count). The average Bonchev–Trinajstić information content (AvgIpc) is 2.84. The minimum atomic E-state index is -4.55. The summed E-state index contributed by atoms with van der Waals surface area (Å²) >= 11 is 3.45. The topological polar surface area (TPSA) is 38.3 Å². The third-order valence-corrected chi connectivity index (χ3v) is 4.38. The van der Waals surface area contributed by atoms with Crippen LogP contribution < -0.4 is 10.1 Å². The minimum absolute atomic E-state index is 0.0642. The van der Waals surface area contributed by atoms with Gasteiger partial charge in [0, 0.05) is 11.1 Å². The quantitative estimate of drug-likeness (QED) is 0.726. The van der Waals surface area contributed by atoms with Crippen LogP contribution >= 0.6 is 33.9 Å². The van der Waals surface area contributed by atoms with Crippen LogP contribution in [-0.4, -0.2) is 13.0 Å². The number of thiophene rings is 1. The van der Waals surface area contributed by atoms with Gasteiger partial charge in [-0.3, -0.25) is 4.79 Å². The van der Waals surface area contributed by atoms with Crippen LogP contribution in [0.5, 0.6) is 5.75 Å². The lowest BCUT2D eigenvalue weighted by Crippen LogP contribution is -2.13. The van der Waals surface area contributed by atoms with Crippen LogP contribution in [0.3, 0.4) is 0 Å². The first-order chi connectivity index (χ1) is 9.81. The van der Waals surface area contributed by atoms with E-state index in [1.54, 1.807) is 11.4 Å². The molecule has 0 unspecified atom stereocenters. The standard InChI is InChI=1S/C13H9F3INO2S/c1-20-10-3-2-8(5-9(10)13(14,15)16)18-12(19)7-4-11(17)21-6-7/h2-6H,1H3,(H,18,19). The predicted octanol–water partition coefficient (Wildman–Crippen LogP) is 4.63. The molecule has 0 saturated heterocycles. The van der Waals surface area contributed by atoms with Gasteiger partial charge in [0.25, 0.3) is 5.91 Å². The molecule has 1 aromatic carbocycles. The third kappa shape index (κ3) is 3.88. The summed E-state index contributed by atoms with van der Waals surface area (Å²) in [6.07, 6.45) is -4.55. The van der Waals surface area contributed by atoms with Gasteiger partial charge in [0.2, 0.25) is 0 Å². The zero-order chi connectivity index (χ0) is 15.6. The van der Waals surface area contributed by atoms with Crippen LogP contribution in [0.1, 0.15) is 15.9 Å². The maximum Gasteiger partial charge on any atom is 0.420 e. The van der Waals surface area contributed by atoms with E-state index in [1.165, 1.54) is 23.5 Å². The fourth-order valence-corrected chi connectivity index (χ4v) is 2.97. The van der Waals surface area contributed by atoms with Gasteiger partial charge in [-0.05, 0) is 46.9 Å². The molecule has 112 valence electrons. The fraction of sp³-hybridized carbons (Fsp3) is 0.154. The smallest absolute Gasteiger partial charge is 0.420 e. The van der Waals surface area contributed by atoms with Crippen molar-refractivity contribution in [3.05, 3.63) is 43.7 Å². The van der Waals surface area contributed by atoms with Crippen molar-refractivity contribution in [2.45, 2.75) is 6.18 Å². The molecule has 0 spiro atoms. The summed E-state index contributed by atoms with van der Waals surface area (Å²) in [5.41, 5.74) is -0.453. The van der Waals surface area contributed by atoms with E-state index in [1.807, 2.05) is 0 Å². The number of hydrogen-bond acceptors (Lipinski definition) is 3. The number of alkyl halides is 3.